The van der Waals surface area contributed by atoms with E-state index >= 15 is 0 Å². The minimum Gasteiger partial charge on any atom is -0.507 e. The molecule has 0 spiro atoms. The number of halogens is 2. The molecule has 2 aromatic heterocycles. The third-order valence-corrected chi connectivity index (χ3v) is 7.72. The number of nitrogens with zero attached hydrogens (tertiary/aromatic N) is 2. The van der Waals surface area contributed by atoms with Crippen LogP contribution in [0.2, 0.25) is 0 Å². The van der Waals surface area contributed by atoms with Crippen LogP contribution >= 0.6 is 0 Å². The van der Waals surface area contributed by atoms with Gasteiger partial charge in [0.05, 0.1) is 22.2 Å². The lowest BCUT2D eigenvalue weighted by molar-refractivity contribution is 0.447. The lowest BCUT2D eigenvalue weighted by atomic mass is 9.92. The Hall–Kier alpha value is -3.68. The van der Waals surface area contributed by atoms with Gasteiger partial charge in [-0.2, -0.15) is 0 Å². The molecule has 0 unspecified atom stereocenters. The summed E-state index contributed by atoms with van der Waals surface area (Å²) in [5.41, 5.74) is 1.11. The first kappa shape index (κ1) is 21.8. The van der Waals surface area contributed by atoms with Crippen molar-refractivity contribution in [1.82, 2.24) is 9.13 Å². The number of aromatic hydroxyl groups is 2. The predicted octanol–water partition coefficient (Wildman–Crippen LogP) is 4.61. The van der Waals surface area contributed by atoms with Crippen molar-refractivity contribution >= 4 is 21.8 Å². The SMILES string of the molecule is C[C@@H]1CCc2cc(F)cc3c(O)c(Cc4c(O)c5cc(F)cc6c5n(c4=O)[C@H](C)CC6)c(=O)n1c23. The van der Waals surface area contributed by atoms with Gasteiger partial charge >= 0.3 is 0 Å². The molecule has 6 nitrogen and oxygen atoms in total. The van der Waals surface area contributed by atoms with Crippen molar-refractivity contribution in [2.45, 2.75) is 58.0 Å². The van der Waals surface area contributed by atoms with Crippen LogP contribution in [0, 0.1) is 11.6 Å². The number of hydrogen-bond acceptors (Lipinski definition) is 4. The summed E-state index contributed by atoms with van der Waals surface area (Å²) < 4.78 is 31.8. The number of rotatable bonds is 2. The summed E-state index contributed by atoms with van der Waals surface area (Å²) in [7, 11) is 0. The Kier molecular flexibility index (Phi) is 4.62. The minimum atomic E-state index is -0.525. The summed E-state index contributed by atoms with van der Waals surface area (Å²) in [5, 5.41) is 22.6. The smallest absolute Gasteiger partial charge is 0.258 e. The number of pyridine rings is 2. The lowest BCUT2D eigenvalue weighted by Crippen LogP contribution is -2.33. The second kappa shape index (κ2) is 7.41. The van der Waals surface area contributed by atoms with E-state index in [2.05, 4.69) is 0 Å². The van der Waals surface area contributed by atoms with Gasteiger partial charge in [0.15, 0.2) is 0 Å². The molecular formula is C27H24F2N2O4. The molecule has 0 amide bonds. The number of aromatic nitrogens is 2. The predicted molar refractivity (Wildman–Crippen MR) is 129 cm³/mol. The van der Waals surface area contributed by atoms with E-state index in [4.69, 9.17) is 0 Å². The van der Waals surface area contributed by atoms with E-state index < -0.39 is 34.3 Å². The minimum absolute atomic E-state index is 0.0950. The summed E-state index contributed by atoms with van der Waals surface area (Å²) in [6, 6.07) is 4.75. The molecule has 0 aliphatic carbocycles. The zero-order valence-electron chi connectivity index (χ0n) is 19.4. The maximum Gasteiger partial charge on any atom is 0.258 e. The summed E-state index contributed by atoms with van der Waals surface area (Å²) in [4.78, 5) is 27.2. The molecule has 0 saturated carbocycles. The van der Waals surface area contributed by atoms with Crippen LogP contribution in [0.4, 0.5) is 8.78 Å². The molecule has 2 aromatic carbocycles. The first-order valence-electron chi connectivity index (χ1n) is 11.8. The van der Waals surface area contributed by atoms with Crippen molar-refractivity contribution < 1.29 is 19.0 Å². The molecule has 2 aliphatic heterocycles. The molecule has 2 aliphatic rings. The van der Waals surface area contributed by atoms with Gasteiger partial charge in [-0.1, -0.05) is 0 Å². The zero-order chi connectivity index (χ0) is 24.8. The van der Waals surface area contributed by atoms with Crippen molar-refractivity contribution in [3.05, 3.63) is 78.9 Å². The van der Waals surface area contributed by atoms with Gasteiger partial charge < -0.3 is 19.3 Å². The Morgan fingerprint density at radius 2 is 1.17 bits per heavy atom. The summed E-state index contributed by atoms with van der Waals surface area (Å²) in [5.74, 6) is -1.85. The van der Waals surface area contributed by atoms with Gasteiger partial charge in [-0.15, -0.1) is 0 Å². The van der Waals surface area contributed by atoms with Crippen molar-refractivity contribution in [2.75, 3.05) is 0 Å². The van der Waals surface area contributed by atoms with Gasteiger partial charge in [0, 0.05) is 29.3 Å². The number of benzene rings is 2. The maximum absolute atomic E-state index is 14.4. The van der Waals surface area contributed by atoms with E-state index in [1.807, 2.05) is 13.8 Å². The van der Waals surface area contributed by atoms with E-state index in [1.54, 1.807) is 9.13 Å². The van der Waals surface area contributed by atoms with Crippen LogP contribution in [-0.2, 0) is 19.3 Å². The van der Waals surface area contributed by atoms with Crippen molar-refractivity contribution in [3.8, 4) is 11.5 Å². The standard InChI is InChI=1S/C27H24F2N2O4/c1-12-3-5-14-7-16(28)9-18-22(14)30(12)26(34)20(24(18)32)11-21-25(33)19-10-17(29)8-15-6-4-13(2)31(23(15)19)27(21)35/h7-10,12-13,32-33H,3-6,11H2,1-2H3/t12-,13-/m1/s1. The number of hydrogen-bond donors (Lipinski definition) is 2. The Morgan fingerprint density at radius 3 is 1.57 bits per heavy atom. The molecule has 0 fully saturated rings. The first-order chi connectivity index (χ1) is 16.7. The van der Waals surface area contributed by atoms with E-state index in [-0.39, 0.29) is 40.4 Å². The van der Waals surface area contributed by atoms with Crippen molar-refractivity contribution in [1.29, 1.82) is 0 Å². The summed E-state index contributed by atoms with van der Waals surface area (Å²) >= 11 is 0. The third-order valence-electron chi connectivity index (χ3n) is 7.72. The average molecular weight is 478 g/mol. The topological polar surface area (TPSA) is 84.5 Å². The molecule has 2 N–H and O–H groups in total. The third kappa shape index (κ3) is 2.98. The van der Waals surface area contributed by atoms with Gasteiger partial charge in [0.25, 0.3) is 11.1 Å². The van der Waals surface area contributed by atoms with Crippen molar-refractivity contribution in [2.24, 2.45) is 0 Å². The fraction of sp³-hybridized carbons (Fsp3) is 0.333. The summed E-state index contributed by atoms with van der Waals surface area (Å²) in [6.07, 6.45) is 2.05. The Balaban J connectivity index is 1.67. The van der Waals surface area contributed by atoms with E-state index in [9.17, 15) is 28.6 Å². The molecule has 6 rings (SSSR count). The molecule has 0 radical (unpaired) electrons. The molecule has 2 atom stereocenters. The Morgan fingerprint density at radius 1 is 0.771 bits per heavy atom. The highest BCUT2D eigenvalue weighted by Gasteiger charge is 2.29. The summed E-state index contributed by atoms with van der Waals surface area (Å²) in [6.45, 7) is 3.76. The molecule has 180 valence electrons. The van der Waals surface area contributed by atoms with Gasteiger partial charge in [0.1, 0.15) is 23.1 Å². The van der Waals surface area contributed by atoms with E-state index in [0.29, 0.717) is 47.8 Å². The lowest BCUT2D eigenvalue weighted by Gasteiger charge is -2.28. The van der Waals surface area contributed by atoms with Crippen LogP contribution in [0.5, 0.6) is 11.5 Å². The second-order valence-corrected chi connectivity index (χ2v) is 9.88. The van der Waals surface area contributed by atoms with Crippen LogP contribution in [0.25, 0.3) is 21.8 Å². The zero-order valence-corrected chi connectivity index (χ0v) is 19.4. The molecule has 8 heteroatoms. The van der Waals surface area contributed by atoms with Crippen LogP contribution in [0.15, 0.2) is 33.9 Å². The average Bonchev–Trinajstić information content (AvgIpc) is 2.81. The normalized spacial score (nSPS) is 19.0. The molecule has 4 heterocycles. The molecule has 0 bridgehead atoms. The first-order valence-corrected chi connectivity index (χ1v) is 11.8. The molecule has 35 heavy (non-hydrogen) atoms. The highest BCUT2D eigenvalue weighted by molar-refractivity contribution is 5.91. The van der Waals surface area contributed by atoms with Gasteiger partial charge in [0.2, 0.25) is 0 Å². The maximum atomic E-state index is 14.4. The number of aryl methyl sites for hydroxylation is 2. The van der Waals surface area contributed by atoms with Crippen LogP contribution in [0.1, 0.15) is 61.0 Å². The van der Waals surface area contributed by atoms with E-state index in [1.165, 1.54) is 24.3 Å². The largest absolute Gasteiger partial charge is 0.507 e. The second-order valence-electron chi connectivity index (χ2n) is 9.88. The highest BCUT2D eigenvalue weighted by atomic mass is 19.1. The van der Waals surface area contributed by atoms with Crippen LogP contribution < -0.4 is 11.1 Å². The fourth-order valence-electron chi connectivity index (χ4n) is 5.97. The van der Waals surface area contributed by atoms with Crippen molar-refractivity contribution in [3.63, 3.8) is 0 Å². The van der Waals surface area contributed by atoms with Gasteiger partial charge in [-0.25, -0.2) is 8.78 Å². The quantitative estimate of drug-likeness (QED) is 0.441. The van der Waals surface area contributed by atoms with Crippen LogP contribution in [0.3, 0.4) is 0 Å². The monoisotopic (exact) mass is 478 g/mol. The van der Waals surface area contributed by atoms with Gasteiger partial charge in [-0.3, -0.25) is 9.59 Å². The van der Waals surface area contributed by atoms with E-state index in [0.717, 1.165) is 0 Å². The fourth-order valence-corrected chi connectivity index (χ4v) is 5.97. The molecule has 0 saturated heterocycles. The van der Waals surface area contributed by atoms with Gasteiger partial charge in [-0.05, 0) is 74.9 Å². The Bertz CT molecular complexity index is 1580. The highest BCUT2D eigenvalue weighted by Crippen LogP contribution is 2.39. The Labute approximate surface area is 198 Å². The molecular weight excluding hydrogens is 454 g/mol. The molecule has 4 aromatic rings. The van der Waals surface area contributed by atoms with Crippen LogP contribution in [-0.4, -0.2) is 19.3 Å².